The van der Waals surface area contributed by atoms with Crippen molar-refractivity contribution in [1.29, 1.82) is 0 Å². The molecule has 0 amide bonds. The minimum atomic E-state index is -0.278. The Bertz CT molecular complexity index is 856. The molecule has 0 unspecified atom stereocenters. The van der Waals surface area contributed by atoms with Gasteiger partial charge in [-0.3, -0.25) is 4.57 Å². The maximum Gasteiger partial charge on any atom is 0.184 e. The molecule has 0 aliphatic carbocycles. The Kier molecular flexibility index (Phi) is 2.97. The highest BCUT2D eigenvalue weighted by Gasteiger charge is 2.16. The lowest BCUT2D eigenvalue weighted by molar-refractivity contribution is 0.625. The highest BCUT2D eigenvalue weighted by atomic mass is 32.1. The van der Waals surface area contributed by atoms with E-state index in [0.717, 1.165) is 34.5 Å². The van der Waals surface area contributed by atoms with Gasteiger partial charge in [-0.1, -0.05) is 13.0 Å². The fraction of sp³-hybridized carbons (Fsp3) is 0.286. The number of aromatic nitrogens is 4. The van der Waals surface area contributed by atoms with E-state index in [1.54, 1.807) is 10.7 Å². The van der Waals surface area contributed by atoms with E-state index in [-0.39, 0.29) is 5.82 Å². The van der Waals surface area contributed by atoms with E-state index in [4.69, 9.17) is 12.2 Å². The number of aryl methyl sites for hydroxylation is 3. The molecule has 2 aromatic heterocycles. The van der Waals surface area contributed by atoms with Gasteiger partial charge in [0.2, 0.25) is 0 Å². The predicted molar refractivity (Wildman–Crippen MR) is 79.3 cm³/mol. The molecule has 0 aliphatic heterocycles. The zero-order valence-corrected chi connectivity index (χ0v) is 12.4. The van der Waals surface area contributed by atoms with E-state index >= 15 is 0 Å². The third kappa shape index (κ3) is 1.79. The molecule has 6 heteroatoms. The first-order valence-electron chi connectivity index (χ1n) is 6.46. The zero-order valence-electron chi connectivity index (χ0n) is 11.6. The first-order chi connectivity index (χ1) is 9.52. The molecule has 0 fully saturated rings. The van der Waals surface area contributed by atoms with Crippen molar-refractivity contribution < 1.29 is 4.39 Å². The molecule has 20 heavy (non-hydrogen) atoms. The summed E-state index contributed by atoms with van der Waals surface area (Å²) in [6.07, 6.45) is 0.814. The van der Waals surface area contributed by atoms with Gasteiger partial charge in [-0.25, -0.2) is 9.07 Å². The van der Waals surface area contributed by atoms with Crippen molar-refractivity contribution in [2.75, 3.05) is 0 Å². The number of rotatable bonds is 2. The van der Waals surface area contributed by atoms with E-state index in [2.05, 4.69) is 10.1 Å². The van der Waals surface area contributed by atoms with Crippen LogP contribution in [0.2, 0.25) is 0 Å². The van der Waals surface area contributed by atoms with Crippen LogP contribution in [0.4, 0.5) is 4.39 Å². The molecular weight excluding hydrogens is 275 g/mol. The van der Waals surface area contributed by atoms with Crippen molar-refractivity contribution in [3.8, 4) is 5.69 Å². The van der Waals surface area contributed by atoms with E-state index in [9.17, 15) is 4.39 Å². The molecule has 0 saturated heterocycles. The second kappa shape index (κ2) is 4.56. The lowest BCUT2D eigenvalue weighted by Gasteiger charge is -2.08. The number of nitrogens with one attached hydrogen (secondary N) is 1. The third-order valence-electron chi connectivity index (χ3n) is 3.48. The average molecular weight is 290 g/mol. The Morgan fingerprint density at radius 2 is 2.15 bits per heavy atom. The van der Waals surface area contributed by atoms with Crippen LogP contribution in [0, 0.1) is 17.5 Å². The Labute approximate surface area is 120 Å². The summed E-state index contributed by atoms with van der Waals surface area (Å²) in [6, 6.07) is 4.70. The number of imidazole rings is 1. The molecule has 3 aromatic rings. The van der Waals surface area contributed by atoms with E-state index < -0.39 is 0 Å². The Balaban J connectivity index is 2.42. The molecule has 104 valence electrons. The van der Waals surface area contributed by atoms with Gasteiger partial charge in [0.25, 0.3) is 0 Å². The van der Waals surface area contributed by atoms with Crippen LogP contribution in [0.5, 0.6) is 0 Å². The maximum absolute atomic E-state index is 13.6. The normalized spacial score (nSPS) is 11.4. The van der Waals surface area contributed by atoms with Gasteiger partial charge in [0.15, 0.2) is 10.4 Å². The Morgan fingerprint density at radius 3 is 2.85 bits per heavy atom. The zero-order chi connectivity index (χ0) is 14.4. The van der Waals surface area contributed by atoms with Crippen molar-refractivity contribution >= 4 is 23.4 Å². The Morgan fingerprint density at radius 1 is 1.40 bits per heavy atom. The smallest absolute Gasteiger partial charge is 0.184 e. The van der Waals surface area contributed by atoms with Crippen LogP contribution in [0.15, 0.2) is 18.2 Å². The van der Waals surface area contributed by atoms with Crippen LogP contribution in [0.1, 0.15) is 18.2 Å². The molecule has 0 radical (unpaired) electrons. The van der Waals surface area contributed by atoms with Crippen molar-refractivity contribution in [2.45, 2.75) is 20.3 Å². The summed E-state index contributed by atoms with van der Waals surface area (Å²) >= 11 is 5.40. The topological polar surface area (TPSA) is 38.5 Å². The van der Waals surface area contributed by atoms with Crippen LogP contribution in [0.3, 0.4) is 0 Å². The third-order valence-corrected chi connectivity index (χ3v) is 3.77. The number of benzene rings is 1. The average Bonchev–Trinajstić information content (AvgIpc) is 2.90. The van der Waals surface area contributed by atoms with Gasteiger partial charge >= 0.3 is 0 Å². The number of nitrogens with zero attached hydrogens (tertiary/aromatic N) is 3. The number of hydrogen-bond donors (Lipinski definition) is 1. The number of hydrogen-bond acceptors (Lipinski definition) is 2. The molecule has 4 nitrogen and oxygen atoms in total. The molecular formula is C14H15FN4S. The summed E-state index contributed by atoms with van der Waals surface area (Å²) in [7, 11) is 1.87. The lowest BCUT2D eigenvalue weighted by Crippen LogP contribution is -2.03. The number of halogens is 1. The van der Waals surface area contributed by atoms with E-state index in [0.29, 0.717) is 4.77 Å². The van der Waals surface area contributed by atoms with Crippen LogP contribution in [-0.4, -0.2) is 19.3 Å². The largest absolute Gasteiger partial charge is 0.327 e. The summed E-state index contributed by atoms with van der Waals surface area (Å²) in [5.41, 5.74) is 4.44. The first kappa shape index (κ1) is 13.1. The highest BCUT2D eigenvalue weighted by Crippen LogP contribution is 2.24. The second-order valence-corrected chi connectivity index (χ2v) is 5.21. The number of H-pyrrole nitrogens is 1. The second-order valence-electron chi connectivity index (χ2n) is 4.82. The van der Waals surface area contributed by atoms with Gasteiger partial charge in [0.05, 0.1) is 11.4 Å². The molecule has 3 rings (SSSR count). The summed E-state index contributed by atoms with van der Waals surface area (Å²) < 4.78 is 17.7. The van der Waals surface area contributed by atoms with Crippen LogP contribution >= 0.6 is 12.2 Å². The van der Waals surface area contributed by atoms with Gasteiger partial charge in [0, 0.05) is 7.05 Å². The van der Waals surface area contributed by atoms with Gasteiger partial charge < -0.3 is 4.98 Å². The van der Waals surface area contributed by atoms with Gasteiger partial charge in [-0.05, 0) is 43.3 Å². The maximum atomic E-state index is 13.6. The molecule has 0 saturated carbocycles. The van der Waals surface area contributed by atoms with Crippen molar-refractivity contribution in [3.63, 3.8) is 0 Å². The summed E-state index contributed by atoms with van der Waals surface area (Å²) in [6.45, 7) is 3.98. The highest BCUT2D eigenvalue weighted by molar-refractivity contribution is 7.71. The molecule has 0 atom stereocenters. The van der Waals surface area contributed by atoms with Gasteiger partial charge in [-0.15, -0.1) is 0 Å². The molecule has 0 bridgehead atoms. The fourth-order valence-electron chi connectivity index (χ4n) is 2.51. The summed E-state index contributed by atoms with van der Waals surface area (Å²) in [5.74, 6) is -0.278. The molecule has 2 heterocycles. The van der Waals surface area contributed by atoms with Gasteiger partial charge in [-0.2, -0.15) is 5.10 Å². The SMILES string of the molecule is CCc1nn(C)c2c1[nH]c(=S)n2-c1cc(F)ccc1C. The van der Waals surface area contributed by atoms with Crippen molar-refractivity contribution in [2.24, 2.45) is 7.05 Å². The Hall–Kier alpha value is -1.95. The molecule has 0 aliphatic rings. The van der Waals surface area contributed by atoms with Crippen LogP contribution in [-0.2, 0) is 13.5 Å². The predicted octanol–water partition coefficient (Wildman–Crippen LogP) is 3.43. The van der Waals surface area contributed by atoms with Crippen molar-refractivity contribution in [1.82, 2.24) is 19.3 Å². The van der Waals surface area contributed by atoms with E-state index in [1.165, 1.54) is 12.1 Å². The van der Waals surface area contributed by atoms with Crippen LogP contribution < -0.4 is 0 Å². The minimum Gasteiger partial charge on any atom is -0.327 e. The quantitative estimate of drug-likeness (QED) is 0.734. The van der Waals surface area contributed by atoms with Gasteiger partial charge in [0.1, 0.15) is 11.3 Å². The first-order valence-corrected chi connectivity index (χ1v) is 6.87. The summed E-state index contributed by atoms with van der Waals surface area (Å²) in [5, 5.41) is 4.47. The summed E-state index contributed by atoms with van der Waals surface area (Å²) in [4.78, 5) is 3.18. The standard InChI is InChI=1S/C14H15FN4S/c1-4-10-12-13(18(3)17-10)19(14(20)16-12)11-7-9(15)6-5-8(11)2/h5-7H,4H2,1-3H3,(H,16,20). The minimum absolute atomic E-state index is 0.278. The molecule has 0 spiro atoms. The number of aromatic amines is 1. The molecule has 1 N–H and O–H groups in total. The number of fused-ring (bicyclic) bond motifs is 1. The lowest BCUT2D eigenvalue weighted by atomic mass is 10.2. The van der Waals surface area contributed by atoms with Crippen molar-refractivity contribution in [3.05, 3.63) is 40.0 Å². The van der Waals surface area contributed by atoms with Crippen LogP contribution in [0.25, 0.3) is 16.9 Å². The van der Waals surface area contributed by atoms with E-state index in [1.807, 2.05) is 25.5 Å². The molecule has 1 aromatic carbocycles. The fourth-order valence-corrected chi connectivity index (χ4v) is 2.79. The monoisotopic (exact) mass is 290 g/mol.